The predicted molar refractivity (Wildman–Crippen MR) is 95.8 cm³/mol. The number of benzene rings is 1. The number of halogens is 3. The second-order valence-corrected chi connectivity index (χ2v) is 7.01. The Morgan fingerprint density at radius 3 is 2.82 bits per heavy atom. The van der Waals surface area contributed by atoms with Crippen LogP contribution >= 0.6 is 12.2 Å². The molecule has 1 aliphatic rings. The van der Waals surface area contributed by atoms with Crippen LogP contribution in [0.25, 0.3) is 0 Å². The first kappa shape index (κ1) is 18.5. The van der Waals surface area contributed by atoms with Gasteiger partial charge in [0.2, 0.25) is 5.91 Å². The number of carbonyl (C=O) groups is 1. The maximum absolute atomic E-state index is 14.2. The second kappa shape index (κ2) is 6.93. The lowest BCUT2D eigenvalue weighted by molar-refractivity contribution is -0.115. The van der Waals surface area contributed by atoms with Crippen LogP contribution in [0.15, 0.2) is 29.1 Å². The van der Waals surface area contributed by atoms with Gasteiger partial charge < -0.3 is 19.0 Å². The molecule has 0 spiro atoms. The van der Waals surface area contributed by atoms with Gasteiger partial charge in [0, 0.05) is 36.5 Å². The molecular formula is C18H15F3N4O2S. The summed E-state index contributed by atoms with van der Waals surface area (Å²) in [5.74, 6) is -3.98. The van der Waals surface area contributed by atoms with E-state index in [1.807, 2.05) is 0 Å². The lowest BCUT2D eigenvalue weighted by Crippen LogP contribution is -2.17. The quantitative estimate of drug-likeness (QED) is 0.530. The Labute approximate surface area is 162 Å². The van der Waals surface area contributed by atoms with Crippen LogP contribution in [-0.2, 0) is 31.2 Å². The van der Waals surface area contributed by atoms with Crippen LogP contribution in [0.2, 0.25) is 0 Å². The van der Waals surface area contributed by atoms with E-state index in [2.05, 4.69) is 15.0 Å². The molecule has 0 saturated heterocycles. The van der Waals surface area contributed by atoms with E-state index in [9.17, 15) is 18.0 Å². The van der Waals surface area contributed by atoms with Gasteiger partial charge >= 0.3 is 0 Å². The highest BCUT2D eigenvalue weighted by Crippen LogP contribution is 2.36. The normalized spacial score (nSPS) is 15.6. The zero-order valence-corrected chi connectivity index (χ0v) is 15.5. The first-order valence-corrected chi connectivity index (χ1v) is 8.87. The van der Waals surface area contributed by atoms with Crippen molar-refractivity contribution in [3.05, 3.63) is 63.8 Å². The average molecular weight is 408 g/mol. The standard InChI is InChI=1S/C18H15F3N4O2S/c1-24-13(5-15(26)23-10-6-22-27-8-10)14-4-9(7-25(14)18(24)28)16-11(19)2-3-12(20)17(16)21/h2-3,6,8-9H,4-5,7H2,1H3,(H,23,26)/t9-/m0/s1. The van der Waals surface area contributed by atoms with Crippen LogP contribution in [-0.4, -0.2) is 20.2 Å². The molecular weight excluding hydrogens is 393 g/mol. The molecule has 146 valence electrons. The molecule has 1 aliphatic heterocycles. The van der Waals surface area contributed by atoms with Gasteiger partial charge in [-0.25, -0.2) is 13.2 Å². The smallest absolute Gasteiger partial charge is 0.230 e. The van der Waals surface area contributed by atoms with E-state index in [-0.39, 0.29) is 30.9 Å². The van der Waals surface area contributed by atoms with Crippen molar-refractivity contribution in [1.29, 1.82) is 0 Å². The summed E-state index contributed by atoms with van der Waals surface area (Å²) in [6, 6.07) is 1.69. The largest absolute Gasteiger partial charge is 0.363 e. The van der Waals surface area contributed by atoms with Crippen molar-refractivity contribution in [1.82, 2.24) is 14.3 Å². The van der Waals surface area contributed by atoms with Gasteiger partial charge in [0.15, 0.2) is 16.4 Å². The molecule has 0 saturated carbocycles. The highest BCUT2D eigenvalue weighted by Gasteiger charge is 2.33. The summed E-state index contributed by atoms with van der Waals surface area (Å²) in [6.07, 6.45) is 2.92. The summed E-state index contributed by atoms with van der Waals surface area (Å²) in [6.45, 7) is 0.215. The number of fused-ring (bicyclic) bond motifs is 1. The molecule has 0 unspecified atom stereocenters. The van der Waals surface area contributed by atoms with Crippen LogP contribution in [0.4, 0.5) is 18.9 Å². The molecule has 2 aromatic heterocycles. The van der Waals surface area contributed by atoms with E-state index in [1.54, 1.807) is 16.2 Å². The third kappa shape index (κ3) is 3.03. The fourth-order valence-electron chi connectivity index (χ4n) is 3.65. The maximum atomic E-state index is 14.2. The molecule has 4 rings (SSSR count). The maximum Gasteiger partial charge on any atom is 0.230 e. The molecule has 1 aromatic carbocycles. The fraction of sp³-hybridized carbons (Fsp3) is 0.278. The van der Waals surface area contributed by atoms with Gasteiger partial charge in [0.1, 0.15) is 17.8 Å². The molecule has 28 heavy (non-hydrogen) atoms. The van der Waals surface area contributed by atoms with Crippen LogP contribution < -0.4 is 5.32 Å². The number of anilines is 1. The Morgan fingerprint density at radius 1 is 1.36 bits per heavy atom. The van der Waals surface area contributed by atoms with E-state index in [0.717, 1.165) is 12.1 Å². The highest BCUT2D eigenvalue weighted by molar-refractivity contribution is 7.71. The Hall–Kier alpha value is -2.88. The minimum atomic E-state index is -1.18. The summed E-state index contributed by atoms with van der Waals surface area (Å²) >= 11 is 5.41. The zero-order valence-electron chi connectivity index (χ0n) is 14.7. The van der Waals surface area contributed by atoms with Crippen LogP contribution in [0.5, 0.6) is 0 Å². The number of amides is 1. The number of hydrogen-bond acceptors (Lipinski definition) is 4. The molecule has 0 aliphatic carbocycles. The van der Waals surface area contributed by atoms with E-state index in [4.69, 9.17) is 12.2 Å². The van der Waals surface area contributed by atoms with Crippen molar-refractivity contribution >= 4 is 23.8 Å². The minimum absolute atomic E-state index is 0.00842. The fourth-order valence-corrected chi connectivity index (χ4v) is 3.95. The topological polar surface area (TPSA) is 65.0 Å². The van der Waals surface area contributed by atoms with Crippen molar-refractivity contribution in [2.45, 2.75) is 25.3 Å². The lowest BCUT2D eigenvalue weighted by atomic mass is 9.95. The van der Waals surface area contributed by atoms with E-state index in [0.29, 0.717) is 21.8 Å². The van der Waals surface area contributed by atoms with Gasteiger partial charge in [0.25, 0.3) is 0 Å². The summed E-state index contributed by atoms with van der Waals surface area (Å²) < 4.78 is 50.5. The molecule has 0 radical (unpaired) electrons. The molecule has 1 amide bonds. The Bertz CT molecular complexity index is 1120. The van der Waals surface area contributed by atoms with Crippen molar-refractivity contribution in [2.24, 2.45) is 7.05 Å². The molecule has 10 heteroatoms. The summed E-state index contributed by atoms with van der Waals surface area (Å²) in [5, 5.41) is 6.16. The minimum Gasteiger partial charge on any atom is -0.363 e. The first-order chi connectivity index (χ1) is 13.4. The highest BCUT2D eigenvalue weighted by atomic mass is 32.1. The van der Waals surface area contributed by atoms with Crippen molar-refractivity contribution in [3.8, 4) is 0 Å². The first-order valence-electron chi connectivity index (χ1n) is 8.46. The summed E-state index contributed by atoms with van der Waals surface area (Å²) in [7, 11) is 1.73. The van der Waals surface area contributed by atoms with Crippen molar-refractivity contribution < 1.29 is 22.5 Å². The summed E-state index contributed by atoms with van der Waals surface area (Å²) in [5.41, 5.74) is 1.48. The Balaban J connectivity index is 1.63. The van der Waals surface area contributed by atoms with Gasteiger partial charge in [-0.15, -0.1) is 0 Å². The average Bonchev–Trinajstić information content (AvgIpc) is 3.35. The third-order valence-corrected chi connectivity index (χ3v) is 5.45. The molecule has 0 fully saturated rings. The molecule has 6 nitrogen and oxygen atoms in total. The number of rotatable bonds is 4. The van der Waals surface area contributed by atoms with Gasteiger partial charge in [-0.3, -0.25) is 4.79 Å². The summed E-state index contributed by atoms with van der Waals surface area (Å²) in [4.78, 5) is 12.3. The van der Waals surface area contributed by atoms with Crippen molar-refractivity contribution in [3.63, 3.8) is 0 Å². The van der Waals surface area contributed by atoms with Crippen LogP contribution in [0.3, 0.4) is 0 Å². The Kier molecular flexibility index (Phi) is 4.58. The number of carbonyl (C=O) groups excluding carboxylic acids is 1. The van der Waals surface area contributed by atoms with Gasteiger partial charge in [-0.05, 0) is 30.8 Å². The number of nitrogens with one attached hydrogen (secondary N) is 1. The molecule has 1 atom stereocenters. The van der Waals surface area contributed by atoms with E-state index < -0.39 is 23.4 Å². The third-order valence-electron chi connectivity index (χ3n) is 4.96. The predicted octanol–water partition coefficient (Wildman–Crippen LogP) is 3.48. The number of hydrogen-bond donors (Lipinski definition) is 1. The SMILES string of the molecule is Cn1c(CC(=O)Nc2cnoc2)c2n(c1=S)C[C@@H](c1c(F)ccc(F)c1F)C2. The number of aromatic nitrogens is 3. The van der Waals surface area contributed by atoms with Crippen molar-refractivity contribution in [2.75, 3.05) is 5.32 Å². The van der Waals surface area contributed by atoms with Gasteiger partial charge in [-0.2, -0.15) is 0 Å². The number of imidazole rings is 1. The van der Waals surface area contributed by atoms with Gasteiger partial charge in [-0.1, -0.05) is 5.16 Å². The van der Waals surface area contributed by atoms with E-state index >= 15 is 0 Å². The van der Waals surface area contributed by atoms with Crippen LogP contribution in [0, 0.1) is 22.2 Å². The molecule has 0 bridgehead atoms. The molecule has 3 heterocycles. The zero-order chi connectivity index (χ0) is 20.0. The number of nitrogens with zero attached hydrogens (tertiary/aromatic N) is 3. The monoisotopic (exact) mass is 408 g/mol. The molecule has 3 aromatic rings. The van der Waals surface area contributed by atoms with Crippen LogP contribution in [0.1, 0.15) is 22.9 Å². The van der Waals surface area contributed by atoms with Gasteiger partial charge in [0.05, 0.1) is 12.6 Å². The second-order valence-electron chi connectivity index (χ2n) is 6.64. The Morgan fingerprint density at radius 2 is 2.11 bits per heavy atom. The van der Waals surface area contributed by atoms with E-state index in [1.165, 1.54) is 12.5 Å². The molecule has 1 N–H and O–H groups in total. The lowest BCUT2D eigenvalue weighted by Gasteiger charge is -2.13.